The first kappa shape index (κ1) is 9.13. The molecular weight excluding hydrogens is 144 g/mol. The third-order valence-corrected chi connectivity index (χ3v) is 2.51. The molecule has 12 heavy (non-hydrogen) atoms. The summed E-state index contributed by atoms with van der Waals surface area (Å²) in [5.74, 6) is 2.53. The fraction of sp³-hybridized carbons (Fsp3) is 0.500. The first-order valence-electron chi connectivity index (χ1n) is 4.50. The van der Waals surface area contributed by atoms with E-state index in [2.05, 4.69) is 31.9 Å². The van der Waals surface area contributed by atoms with E-state index in [9.17, 15) is 0 Å². The molecule has 0 nitrogen and oxygen atoms in total. The zero-order valence-electron chi connectivity index (χ0n) is 7.93. The molecule has 1 aliphatic carbocycles. The van der Waals surface area contributed by atoms with Crippen molar-refractivity contribution in [2.45, 2.75) is 33.1 Å². The van der Waals surface area contributed by atoms with E-state index >= 15 is 0 Å². The molecule has 0 aromatic carbocycles. The highest BCUT2D eigenvalue weighted by atomic mass is 14.3. The Balaban J connectivity index is 2.80. The Morgan fingerprint density at radius 3 is 2.92 bits per heavy atom. The summed E-state index contributed by atoms with van der Waals surface area (Å²) in [6.07, 6.45) is 15.1. The fourth-order valence-electron chi connectivity index (χ4n) is 1.65. The van der Waals surface area contributed by atoms with Crippen LogP contribution in [0, 0.1) is 17.8 Å². The highest BCUT2D eigenvalue weighted by Gasteiger charge is 2.23. The molecular formula is C12H16. The van der Waals surface area contributed by atoms with E-state index in [0.29, 0.717) is 5.41 Å². The fourth-order valence-corrected chi connectivity index (χ4v) is 1.65. The molecule has 0 spiro atoms. The number of rotatable bonds is 1. The van der Waals surface area contributed by atoms with Crippen LogP contribution in [0.4, 0.5) is 0 Å². The van der Waals surface area contributed by atoms with Crippen LogP contribution in [0.25, 0.3) is 0 Å². The van der Waals surface area contributed by atoms with Crippen molar-refractivity contribution in [3.05, 3.63) is 23.8 Å². The third kappa shape index (κ3) is 2.01. The van der Waals surface area contributed by atoms with Gasteiger partial charge in [-0.05, 0) is 36.3 Å². The third-order valence-electron chi connectivity index (χ3n) is 2.51. The van der Waals surface area contributed by atoms with Gasteiger partial charge in [-0.15, -0.1) is 6.42 Å². The van der Waals surface area contributed by atoms with Crippen LogP contribution in [0.3, 0.4) is 0 Å². The molecule has 0 N–H and O–H groups in total. The molecule has 0 aromatic heterocycles. The maximum absolute atomic E-state index is 5.17. The summed E-state index contributed by atoms with van der Waals surface area (Å²) >= 11 is 0. The van der Waals surface area contributed by atoms with Crippen LogP contribution in [0.5, 0.6) is 0 Å². The molecule has 0 aromatic rings. The second-order valence-corrected chi connectivity index (χ2v) is 3.94. The molecule has 0 heterocycles. The number of hydrogen-bond donors (Lipinski definition) is 0. The van der Waals surface area contributed by atoms with Gasteiger partial charge in [0.2, 0.25) is 0 Å². The zero-order chi connectivity index (χ0) is 9.03. The highest BCUT2D eigenvalue weighted by Crippen LogP contribution is 2.36. The molecule has 1 aliphatic rings. The summed E-state index contributed by atoms with van der Waals surface area (Å²) in [4.78, 5) is 0. The topological polar surface area (TPSA) is 0 Å². The lowest BCUT2D eigenvalue weighted by molar-refractivity contribution is 0.385. The van der Waals surface area contributed by atoms with Crippen molar-refractivity contribution in [2.75, 3.05) is 0 Å². The summed E-state index contributed by atoms with van der Waals surface area (Å²) in [6, 6.07) is 0. The van der Waals surface area contributed by atoms with Gasteiger partial charge in [-0.3, -0.25) is 0 Å². The average molecular weight is 160 g/mol. The highest BCUT2D eigenvalue weighted by molar-refractivity contribution is 5.30. The van der Waals surface area contributed by atoms with Crippen molar-refractivity contribution < 1.29 is 0 Å². The molecule has 0 amide bonds. The van der Waals surface area contributed by atoms with E-state index in [4.69, 9.17) is 6.42 Å². The first-order chi connectivity index (χ1) is 5.67. The minimum Gasteiger partial charge on any atom is -0.115 e. The molecule has 0 atom stereocenters. The summed E-state index contributed by atoms with van der Waals surface area (Å²) in [7, 11) is 0. The Hall–Kier alpha value is -0.960. The van der Waals surface area contributed by atoms with Crippen molar-refractivity contribution in [1.29, 1.82) is 0 Å². The molecule has 0 fully saturated rings. The largest absolute Gasteiger partial charge is 0.115 e. The minimum atomic E-state index is 0.325. The lowest BCUT2D eigenvalue weighted by Gasteiger charge is -2.29. The monoisotopic (exact) mass is 160 g/mol. The molecule has 0 unspecified atom stereocenters. The Morgan fingerprint density at radius 2 is 2.33 bits per heavy atom. The second-order valence-electron chi connectivity index (χ2n) is 3.94. The van der Waals surface area contributed by atoms with Gasteiger partial charge < -0.3 is 0 Å². The Bertz CT molecular complexity index is 246. The van der Waals surface area contributed by atoms with E-state index in [1.807, 2.05) is 0 Å². The predicted molar refractivity (Wildman–Crippen MR) is 53.7 cm³/mol. The van der Waals surface area contributed by atoms with Gasteiger partial charge >= 0.3 is 0 Å². The van der Waals surface area contributed by atoms with Crippen LogP contribution in [0.1, 0.15) is 33.1 Å². The lowest BCUT2D eigenvalue weighted by atomic mass is 9.75. The van der Waals surface area contributed by atoms with Crippen LogP contribution in [-0.2, 0) is 0 Å². The summed E-state index contributed by atoms with van der Waals surface area (Å²) in [6.45, 7) is 4.55. The number of allylic oxidation sites excluding steroid dienone is 4. The van der Waals surface area contributed by atoms with Gasteiger partial charge in [-0.25, -0.2) is 0 Å². The summed E-state index contributed by atoms with van der Waals surface area (Å²) in [5.41, 5.74) is 1.72. The zero-order valence-corrected chi connectivity index (χ0v) is 7.93. The summed E-state index contributed by atoms with van der Waals surface area (Å²) in [5, 5.41) is 0. The van der Waals surface area contributed by atoms with Crippen LogP contribution in [0.15, 0.2) is 23.8 Å². The van der Waals surface area contributed by atoms with E-state index in [1.165, 1.54) is 24.8 Å². The predicted octanol–water partition coefficient (Wildman–Crippen LogP) is 3.31. The van der Waals surface area contributed by atoms with Crippen molar-refractivity contribution in [1.82, 2.24) is 0 Å². The second kappa shape index (κ2) is 3.63. The smallest absolute Gasteiger partial charge is 0.0106 e. The van der Waals surface area contributed by atoms with Gasteiger partial charge in [0.15, 0.2) is 0 Å². The maximum atomic E-state index is 5.17. The normalized spacial score (nSPS) is 21.9. The Kier molecular flexibility index (Phi) is 2.76. The van der Waals surface area contributed by atoms with E-state index in [1.54, 1.807) is 6.08 Å². The van der Waals surface area contributed by atoms with Crippen molar-refractivity contribution in [3.8, 4) is 12.3 Å². The SMILES string of the molecule is C#CC=CC1=CCCCC1(C)C. The molecule has 0 saturated heterocycles. The van der Waals surface area contributed by atoms with E-state index in [-0.39, 0.29) is 0 Å². The Morgan fingerprint density at radius 1 is 1.58 bits per heavy atom. The molecule has 64 valence electrons. The number of hydrogen-bond acceptors (Lipinski definition) is 0. The van der Waals surface area contributed by atoms with Crippen molar-refractivity contribution in [2.24, 2.45) is 5.41 Å². The van der Waals surface area contributed by atoms with Gasteiger partial charge in [0.25, 0.3) is 0 Å². The molecule has 1 rings (SSSR count). The standard InChI is InChI=1S/C12H16/c1-4-5-8-11-9-6-7-10-12(11,2)3/h1,5,8-9H,6-7,10H2,2-3H3. The number of terminal acetylenes is 1. The van der Waals surface area contributed by atoms with Gasteiger partial charge in [-0.1, -0.05) is 31.9 Å². The molecule has 0 radical (unpaired) electrons. The lowest BCUT2D eigenvalue weighted by Crippen LogP contribution is -2.16. The van der Waals surface area contributed by atoms with Crippen LogP contribution in [-0.4, -0.2) is 0 Å². The van der Waals surface area contributed by atoms with Gasteiger partial charge in [0, 0.05) is 0 Å². The minimum absolute atomic E-state index is 0.325. The van der Waals surface area contributed by atoms with Crippen LogP contribution in [0.2, 0.25) is 0 Å². The Labute approximate surface area is 75.4 Å². The molecule has 0 aliphatic heterocycles. The van der Waals surface area contributed by atoms with Crippen molar-refractivity contribution >= 4 is 0 Å². The van der Waals surface area contributed by atoms with Crippen LogP contribution < -0.4 is 0 Å². The van der Waals surface area contributed by atoms with Crippen LogP contribution >= 0.6 is 0 Å². The van der Waals surface area contributed by atoms with Gasteiger partial charge in [-0.2, -0.15) is 0 Å². The first-order valence-corrected chi connectivity index (χ1v) is 4.50. The van der Waals surface area contributed by atoms with Gasteiger partial charge in [0.1, 0.15) is 0 Å². The van der Waals surface area contributed by atoms with Crippen molar-refractivity contribution in [3.63, 3.8) is 0 Å². The molecule has 0 heteroatoms. The average Bonchev–Trinajstić information content (AvgIpc) is 2.02. The molecule has 0 saturated carbocycles. The van der Waals surface area contributed by atoms with E-state index < -0.39 is 0 Å². The summed E-state index contributed by atoms with van der Waals surface area (Å²) < 4.78 is 0. The molecule has 0 bridgehead atoms. The van der Waals surface area contributed by atoms with E-state index in [0.717, 1.165) is 0 Å². The quantitative estimate of drug-likeness (QED) is 0.516. The van der Waals surface area contributed by atoms with Gasteiger partial charge in [0.05, 0.1) is 0 Å². The maximum Gasteiger partial charge on any atom is -0.0106 e.